The number of carbonyl (C=O) groups is 1. The summed E-state index contributed by atoms with van der Waals surface area (Å²) in [6, 6.07) is 7.91. The van der Waals surface area contributed by atoms with Crippen LogP contribution in [0.1, 0.15) is 58.7 Å². The molecular weight excluding hydrogens is 406 g/mol. The number of aromatic amines is 1. The molecular formula is C29H41N3O. The Hall–Kier alpha value is -3.27. The number of aromatic nitrogens is 2. The van der Waals surface area contributed by atoms with Crippen LogP contribution in [0.15, 0.2) is 84.9 Å². The Kier molecular flexibility index (Phi) is 18.6. The molecule has 4 heteroatoms. The monoisotopic (exact) mass is 447 g/mol. The number of benzene rings is 1. The number of rotatable bonds is 5. The predicted molar refractivity (Wildman–Crippen MR) is 147 cm³/mol. The Balaban J connectivity index is 0.000000501. The zero-order valence-electron chi connectivity index (χ0n) is 20.8. The smallest absolute Gasteiger partial charge is 0.137 e. The fraction of sp³-hybridized carbons (Fsp3) is 0.345. The molecule has 2 aromatic rings. The fourth-order valence-electron chi connectivity index (χ4n) is 2.99. The lowest BCUT2D eigenvalue weighted by Gasteiger charge is -2.15. The van der Waals surface area contributed by atoms with Crippen LogP contribution in [0.2, 0.25) is 0 Å². The highest BCUT2D eigenvalue weighted by Gasteiger charge is 2.06. The number of H-pyrrole nitrogens is 1. The summed E-state index contributed by atoms with van der Waals surface area (Å²) in [6.45, 7) is 13.2. The maximum absolute atomic E-state index is 8.81. The largest absolute Gasteiger partial charge is 0.338 e. The third-order valence-electron chi connectivity index (χ3n) is 4.67. The molecule has 0 spiro atoms. The normalized spacial score (nSPS) is 13.8. The Bertz CT molecular complexity index is 877. The lowest BCUT2D eigenvalue weighted by Crippen LogP contribution is -1.99. The Morgan fingerprint density at radius 1 is 1.09 bits per heavy atom. The summed E-state index contributed by atoms with van der Waals surface area (Å²) in [5.41, 5.74) is 2.82. The Labute approximate surface area is 200 Å². The molecule has 1 N–H and O–H groups in total. The van der Waals surface area contributed by atoms with Crippen LogP contribution in [0, 0.1) is 5.92 Å². The number of hydrogen-bond acceptors (Lipinski definition) is 3. The van der Waals surface area contributed by atoms with Crippen molar-refractivity contribution in [1.29, 1.82) is 0 Å². The average molecular weight is 448 g/mol. The van der Waals surface area contributed by atoms with Crippen molar-refractivity contribution in [2.24, 2.45) is 10.9 Å². The summed E-state index contributed by atoms with van der Waals surface area (Å²) in [5, 5.41) is 0. The second-order valence-electron chi connectivity index (χ2n) is 7.52. The third kappa shape index (κ3) is 15.2. The lowest BCUT2D eigenvalue weighted by molar-refractivity contribution is -0.106. The van der Waals surface area contributed by atoms with E-state index in [9.17, 15) is 0 Å². The van der Waals surface area contributed by atoms with Crippen molar-refractivity contribution in [3.63, 3.8) is 0 Å². The van der Waals surface area contributed by atoms with E-state index in [0.29, 0.717) is 0 Å². The number of fused-ring (bicyclic) bond motifs is 1. The molecule has 1 aliphatic carbocycles. The van der Waals surface area contributed by atoms with Crippen molar-refractivity contribution in [3.05, 3.63) is 85.8 Å². The first-order chi connectivity index (χ1) is 16.0. The van der Waals surface area contributed by atoms with E-state index in [2.05, 4.69) is 35.0 Å². The van der Waals surface area contributed by atoms with E-state index in [0.717, 1.165) is 34.6 Å². The van der Waals surface area contributed by atoms with Crippen molar-refractivity contribution in [2.75, 3.05) is 7.05 Å². The number of aldehydes is 1. The minimum atomic E-state index is 0.750. The molecule has 1 fully saturated rings. The number of allylic oxidation sites excluding steroid dienone is 8. The summed E-state index contributed by atoms with van der Waals surface area (Å²) in [7, 11) is 1.73. The van der Waals surface area contributed by atoms with Crippen LogP contribution in [0.25, 0.3) is 16.6 Å². The SMILES string of the molecule is C=C(/C=C\C=NC)c1nc2ccccc2[nH]1.C=C/C=C\C=C/C.CC1CCCCC1.CC=O. The van der Waals surface area contributed by atoms with Crippen LogP contribution < -0.4 is 0 Å². The highest BCUT2D eigenvalue weighted by molar-refractivity contribution is 5.82. The van der Waals surface area contributed by atoms with E-state index in [1.807, 2.05) is 67.6 Å². The second kappa shape index (κ2) is 20.6. The number of para-hydroxylation sites is 2. The Morgan fingerprint density at radius 3 is 2.27 bits per heavy atom. The highest BCUT2D eigenvalue weighted by atomic mass is 16.1. The predicted octanol–water partition coefficient (Wildman–Crippen LogP) is 7.93. The molecule has 0 aliphatic heterocycles. The van der Waals surface area contributed by atoms with E-state index in [1.54, 1.807) is 19.3 Å². The molecule has 0 radical (unpaired) electrons. The maximum atomic E-state index is 8.81. The second-order valence-corrected chi connectivity index (χ2v) is 7.52. The molecule has 0 bridgehead atoms. The molecule has 1 aromatic carbocycles. The molecule has 0 atom stereocenters. The van der Waals surface area contributed by atoms with Crippen molar-refractivity contribution in [1.82, 2.24) is 9.97 Å². The number of hydrogen-bond donors (Lipinski definition) is 1. The first-order valence-electron chi connectivity index (χ1n) is 11.6. The third-order valence-corrected chi connectivity index (χ3v) is 4.67. The van der Waals surface area contributed by atoms with Gasteiger partial charge < -0.3 is 9.78 Å². The number of nitrogens with zero attached hydrogens (tertiary/aromatic N) is 2. The molecule has 1 aliphatic rings. The summed E-state index contributed by atoms with van der Waals surface area (Å²) >= 11 is 0. The van der Waals surface area contributed by atoms with Crippen molar-refractivity contribution < 1.29 is 4.79 Å². The molecule has 1 aromatic heterocycles. The number of aliphatic imine (C=N–C) groups is 1. The molecule has 1 saturated carbocycles. The zero-order chi connectivity index (χ0) is 24.7. The molecule has 178 valence electrons. The van der Waals surface area contributed by atoms with Crippen LogP contribution in [-0.2, 0) is 4.79 Å². The van der Waals surface area contributed by atoms with Gasteiger partial charge in [0.25, 0.3) is 0 Å². The number of carbonyl (C=O) groups excluding carboxylic acids is 1. The summed E-state index contributed by atoms with van der Waals surface area (Å²) < 4.78 is 0. The summed E-state index contributed by atoms with van der Waals surface area (Å²) in [5.74, 6) is 1.83. The number of imidazole rings is 1. The summed E-state index contributed by atoms with van der Waals surface area (Å²) in [4.78, 5) is 20.3. The van der Waals surface area contributed by atoms with Gasteiger partial charge in [0.05, 0.1) is 11.0 Å². The van der Waals surface area contributed by atoms with Gasteiger partial charge in [0.15, 0.2) is 0 Å². The molecule has 1 heterocycles. The molecule has 4 nitrogen and oxygen atoms in total. The topological polar surface area (TPSA) is 58.1 Å². The molecule has 33 heavy (non-hydrogen) atoms. The van der Waals surface area contributed by atoms with Crippen LogP contribution in [0.3, 0.4) is 0 Å². The fourth-order valence-corrected chi connectivity index (χ4v) is 2.99. The minimum Gasteiger partial charge on any atom is -0.338 e. The van der Waals surface area contributed by atoms with Crippen molar-refractivity contribution in [3.8, 4) is 0 Å². The maximum Gasteiger partial charge on any atom is 0.137 e. The van der Waals surface area contributed by atoms with Gasteiger partial charge in [-0.25, -0.2) is 4.98 Å². The van der Waals surface area contributed by atoms with Crippen LogP contribution in [0.4, 0.5) is 0 Å². The molecule has 3 rings (SSSR count). The van der Waals surface area contributed by atoms with Crippen LogP contribution >= 0.6 is 0 Å². The quantitative estimate of drug-likeness (QED) is 0.287. The molecule has 0 saturated heterocycles. The van der Waals surface area contributed by atoms with Gasteiger partial charge in [0, 0.05) is 18.8 Å². The Morgan fingerprint density at radius 2 is 1.76 bits per heavy atom. The van der Waals surface area contributed by atoms with Gasteiger partial charge >= 0.3 is 0 Å². The van der Waals surface area contributed by atoms with E-state index in [1.165, 1.54) is 39.0 Å². The highest BCUT2D eigenvalue weighted by Crippen LogP contribution is 2.22. The first-order valence-corrected chi connectivity index (χ1v) is 11.6. The van der Waals surface area contributed by atoms with Crippen molar-refractivity contribution in [2.45, 2.75) is 52.9 Å². The van der Waals surface area contributed by atoms with E-state index >= 15 is 0 Å². The van der Waals surface area contributed by atoms with Gasteiger partial charge in [-0.05, 0) is 38.0 Å². The number of nitrogens with one attached hydrogen (secondary N) is 1. The molecule has 0 unspecified atom stereocenters. The van der Waals surface area contributed by atoms with Gasteiger partial charge in [0.1, 0.15) is 12.1 Å². The summed E-state index contributed by atoms with van der Waals surface area (Å²) in [6.07, 6.45) is 23.1. The average Bonchev–Trinajstić information content (AvgIpc) is 3.26. The van der Waals surface area contributed by atoms with Gasteiger partial charge in [-0.1, -0.05) is 101 Å². The van der Waals surface area contributed by atoms with E-state index in [4.69, 9.17) is 4.79 Å². The van der Waals surface area contributed by atoms with E-state index in [-0.39, 0.29) is 0 Å². The molecule has 0 amide bonds. The standard InChI is InChI=1S/C13H13N3.C7H14.C7H10.C2H4O/c1-10(6-5-9-14-2)13-15-11-7-3-4-8-12(11)16-13;1-7-5-3-2-4-6-7;1-3-5-7-6-4-2;1-2-3/h3-9H,1H2,2H3,(H,15,16);7H,2-6H2,1H3;3-7H,1H2,2H3;2H,1H3/b6-5-,14-9?;;6-4-,7-5-;. The van der Waals surface area contributed by atoms with Gasteiger partial charge in [-0.2, -0.15) is 0 Å². The lowest BCUT2D eigenvalue weighted by atomic mass is 9.91. The van der Waals surface area contributed by atoms with Gasteiger partial charge in [-0.15, -0.1) is 0 Å². The zero-order valence-corrected chi connectivity index (χ0v) is 20.8. The first kappa shape index (κ1) is 29.7. The van der Waals surface area contributed by atoms with Crippen LogP contribution in [-0.4, -0.2) is 29.5 Å². The van der Waals surface area contributed by atoms with Crippen molar-refractivity contribution >= 4 is 29.1 Å². The van der Waals surface area contributed by atoms with E-state index < -0.39 is 0 Å². The van der Waals surface area contributed by atoms with Gasteiger partial charge in [0.2, 0.25) is 0 Å². The minimum absolute atomic E-state index is 0.750. The van der Waals surface area contributed by atoms with Crippen LogP contribution in [0.5, 0.6) is 0 Å². The van der Waals surface area contributed by atoms with Gasteiger partial charge in [-0.3, -0.25) is 4.99 Å².